The van der Waals surface area contributed by atoms with Crippen molar-refractivity contribution >= 4 is 16.8 Å². The number of quaternary nitrogens is 1. The third-order valence-corrected chi connectivity index (χ3v) is 5.33. The molecule has 2 aromatic carbocycles. The minimum absolute atomic E-state index is 0.0470. The molecule has 1 saturated heterocycles. The first-order valence-electron chi connectivity index (χ1n) is 9.80. The molecule has 3 aromatic rings. The zero-order valence-electron chi connectivity index (χ0n) is 15.7. The molecule has 0 unspecified atom stereocenters. The van der Waals surface area contributed by atoms with Crippen LogP contribution in [0.3, 0.4) is 0 Å². The summed E-state index contributed by atoms with van der Waals surface area (Å²) in [6.07, 6.45) is 3.51. The Hall–Kier alpha value is -2.59. The van der Waals surface area contributed by atoms with E-state index in [-0.39, 0.29) is 11.9 Å². The zero-order chi connectivity index (χ0) is 18.6. The van der Waals surface area contributed by atoms with Crippen LogP contribution < -0.4 is 10.1 Å². The largest absolute Gasteiger partial charge is 0.489 e. The lowest BCUT2D eigenvalue weighted by Gasteiger charge is -2.22. The fourth-order valence-corrected chi connectivity index (χ4v) is 3.84. The lowest BCUT2D eigenvalue weighted by Crippen LogP contribution is -2.86. The fourth-order valence-electron chi connectivity index (χ4n) is 3.84. The molecule has 27 heavy (non-hydrogen) atoms. The first-order valence-corrected chi connectivity index (χ1v) is 9.80. The molecule has 4 rings (SSSR count). The molecule has 4 heteroatoms. The van der Waals surface area contributed by atoms with Gasteiger partial charge in [0.25, 0.3) is 0 Å². The summed E-state index contributed by atoms with van der Waals surface area (Å²) in [6, 6.07) is 15.9. The molecule has 140 valence electrons. The van der Waals surface area contributed by atoms with Crippen molar-refractivity contribution in [1.29, 1.82) is 0 Å². The third-order valence-electron chi connectivity index (χ3n) is 5.33. The van der Waals surface area contributed by atoms with Gasteiger partial charge in [-0.3, -0.25) is 4.79 Å². The number of hydrogen-bond donors (Lipinski definition) is 1. The van der Waals surface area contributed by atoms with E-state index in [4.69, 9.17) is 9.15 Å². The van der Waals surface area contributed by atoms with Crippen LogP contribution in [0.4, 0.5) is 0 Å². The second-order valence-corrected chi connectivity index (χ2v) is 7.28. The van der Waals surface area contributed by atoms with Crippen LogP contribution in [0.1, 0.15) is 40.9 Å². The molecule has 0 radical (unpaired) electrons. The Balaban J connectivity index is 1.56. The maximum Gasteiger partial charge on any atom is 0.198 e. The van der Waals surface area contributed by atoms with Gasteiger partial charge in [-0.15, -0.1) is 0 Å². The van der Waals surface area contributed by atoms with Crippen molar-refractivity contribution in [3.8, 4) is 5.75 Å². The molecule has 4 nitrogen and oxygen atoms in total. The van der Waals surface area contributed by atoms with Gasteiger partial charge < -0.3 is 14.5 Å². The van der Waals surface area contributed by atoms with Gasteiger partial charge in [0.1, 0.15) is 17.4 Å². The standard InChI is InChI=1S/C23H25NO3/c1-16-22-20(26-18-12-14-24-15-13-18)8-5-9-21(22)27-23(16)19(25)11-10-17-6-3-2-4-7-17/h2-9,18,24H,10-15H2,1H3/p+1. The number of aryl methyl sites for hydroxylation is 2. The van der Waals surface area contributed by atoms with Crippen LogP contribution in [-0.2, 0) is 6.42 Å². The minimum Gasteiger partial charge on any atom is -0.489 e. The molecule has 0 amide bonds. The maximum atomic E-state index is 12.8. The van der Waals surface area contributed by atoms with Crippen molar-refractivity contribution in [1.82, 2.24) is 0 Å². The maximum absolute atomic E-state index is 12.8. The summed E-state index contributed by atoms with van der Waals surface area (Å²) in [5.74, 6) is 1.35. The number of rotatable bonds is 6. The number of fused-ring (bicyclic) bond motifs is 1. The van der Waals surface area contributed by atoms with Crippen LogP contribution in [0.25, 0.3) is 11.0 Å². The highest BCUT2D eigenvalue weighted by Crippen LogP contribution is 2.34. The number of nitrogens with two attached hydrogens (primary N) is 1. The average Bonchev–Trinajstić information content (AvgIpc) is 3.05. The predicted octanol–water partition coefficient (Wildman–Crippen LogP) is 3.66. The van der Waals surface area contributed by atoms with Crippen LogP contribution >= 0.6 is 0 Å². The van der Waals surface area contributed by atoms with Gasteiger partial charge in [0.15, 0.2) is 11.5 Å². The fraction of sp³-hybridized carbons (Fsp3) is 0.348. The Kier molecular flexibility index (Phi) is 5.26. The van der Waals surface area contributed by atoms with E-state index in [9.17, 15) is 4.79 Å². The summed E-state index contributed by atoms with van der Waals surface area (Å²) in [5.41, 5.74) is 2.79. The molecule has 1 fully saturated rings. The van der Waals surface area contributed by atoms with Crippen LogP contribution in [0.15, 0.2) is 52.9 Å². The first kappa shape index (κ1) is 17.8. The molecule has 2 N–H and O–H groups in total. The van der Waals surface area contributed by atoms with Gasteiger partial charge in [-0.2, -0.15) is 0 Å². The highest BCUT2D eigenvalue weighted by atomic mass is 16.5. The van der Waals surface area contributed by atoms with E-state index >= 15 is 0 Å². The van der Waals surface area contributed by atoms with E-state index in [1.54, 1.807) is 0 Å². The number of piperidine rings is 1. The normalized spacial score (nSPS) is 15.1. The van der Waals surface area contributed by atoms with Crippen LogP contribution in [0.2, 0.25) is 0 Å². The van der Waals surface area contributed by atoms with Crippen LogP contribution in [-0.4, -0.2) is 25.0 Å². The smallest absolute Gasteiger partial charge is 0.198 e. The lowest BCUT2D eigenvalue weighted by atomic mass is 10.0. The summed E-state index contributed by atoms with van der Waals surface area (Å²) in [7, 11) is 0. The van der Waals surface area contributed by atoms with Crippen molar-refractivity contribution in [3.05, 3.63) is 65.4 Å². The number of carbonyl (C=O) groups is 1. The third kappa shape index (κ3) is 3.91. The van der Waals surface area contributed by atoms with Gasteiger partial charge in [-0.1, -0.05) is 36.4 Å². The van der Waals surface area contributed by atoms with E-state index in [1.165, 1.54) is 0 Å². The van der Waals surface area contributed by atoms with Gasteiger partial charge in [0.05, 0.1) is 18.5 Å². The quantitative estimate of drug-likeness (QED) is 0.679. The first-order chi connectivity index (χ1) is 13.2. The molecule has 2 heterocycles. The van der Waals surface area contributed by atoms with Crippen LogP contribution in [0.5, 0.6) is 5.75 Å². The van der Waals surface area contributed by atoms with E-state index in [0.717, 1.165) is 60.2 Å². The molecule has 1 aliphatic heterocycles. The van der Waals surface area contributed by atoms with E-state index in [0.29, 0.717) is 12.2 Å². The Morgan fingerprint density at radius 1 is 1.11 bits per heavy atom. The second-order valence-electron chi connectivity index (χ2n) is 7.28. The van der Waals surface area contributed by atoms with Crippen molar-refractivity contribution in [3.63, 3.8) is 0 Å². The Bertz CT molecular complexity index is 923. The zero-order valence-corrected chi connectivity index (χ0v) is 15.7. The highest BCUT2D eigenvalue weighted by Gasteiger charge is 2.23. The number of ether oxygens (including phenoxy) is 1. The molecule has 0 spiro atoms. The minimum atomic E-state index is 0.0470. The molecule has 0 aliphatic carbocycles. The van der Waals surface area contributed by atoms with Crippen molar-refractivity contribution in [2.24, 2.45) is 0 Å². The van der Waals surface area contributed by atoms with E-state index < -0.39 is 0 Å². The summed E-state index contributed by atoms with van der Waals surface area (Å²) in [4.78, 5) is 12.8. The number of ketones is 1. The predicted molar refractivity (Wildman–Crippen MR) is 105 cm³/mol. The van der Waals surface area contributed by atoms with Gasteiger partial charge in [-0.05, 0) is 31.0 Å². The average molecular weight is 364 g/mol. The topological polar surface area (TPSA) is 56.0 Å². The lowest BCUT2D eigenvalue weighted by molar-refractivity contribution is -0.664. The number of Topliss-reactive ketones (excluding diaryl/α,β-unsaturated/α-hetero) is 1. The number of carbonyl (C=O) groups excluding carboxylic acids is 1. The Morgan fingerprint density at radius 2 is 1.89 bits per heavy atom. The van der Waals surface area contributed by atoms with Crippen molar-refractivity contribution < 1.29 is 19.3 Å². The SMILES string of the molecule is Cc1c(C(=O)CCc2ccccc2)oc2cccc(OC3CC[NH2+]CC3)c12. The molecule has 0 bridgehead atoms. The second kappa shape index (κ2) is 7.97. The Labute approximate surface area is 159 Å². The van der Waals surface area contributed by atoms with Crippen molar-refractivity contribution in [2.75, 3.05) is 13.1 Å². The van der Waals surface area contributed by atoms with Crippen LogP contribution in [0, 0.1) is 6.92 Å². The molecular weight excluding hydrogens is 338 g/mol. The molecule has 0 saturated carbocycles. The van der Waals surface area contributed by atoms with Gasteiger partial charge >= 0.3 is 0 Å². The van der Waals surface area contributed by atoms with E-state index in [2.05, 4.69) is 5.32 Å². The summed E-state index contributed by atoms with van der Waals surface area (Å²) < 4.78 is 12.2. The monoisotopic (exact) mass is 364 g/mol. The number of benzene rings is 2. The highest BCUT2D eigenvalue weighted by molar-refractivity contribution is 6.01. The summed E-state index contributed by atoms with van der Waals surface area (Å²) in [6.45, 7) is 4.17. The van der Waals surface area contributed by atoms with Crippen molar-refractivity contribution in [2.45, 2.75) is 38.7 Å². The van der Waals surface area contributed by atoms with Gasteiger partial charge in [-0.25, -0.2) is 0 Å². The Morgan fingerprint density at radius 3 is 2.67 bits per heavy atom. The molecule has 0 atom stereocenters. The summed E-state index contributed by atoms with van der Waals surface area (Å²) in [5, 5.41) is 3.27. The van der Waals surface area contributed by atoms with Gasteiger partial charge in [0, 0.05) is 24.8 Å². The van der Waals surface area contributed by atoms with E-state index in [1.807, 2.05) is 55.5 Å². The van der Waals surface area contributed by atoms with Gasteiger partial charge in [0.2, 0.25) is 0 Å². The molecule has 1 aliphatic rings. The molecular formula is C23H26NO3+. The molecule has 1 aromatic heterocycles. The number of hydrogen-bond acceptors (Lipinski definition) is 3. The summed E-state index contributed by atoms with van der Waals surface area (Å²) >= 11 is 0. The number of furan rings is 1.